The number of anilines is 3. The van der Waals surface area contributed by atoms with E-state index in [0.717, 1.165) is 73.2 Å². The molecular formula is C41H27N5. The van der Waals surface area contributed by atoms with Gasteiger partial charge in [0.2, 0.25) is 0 Å². The minimum Gasteiger partial charge on any atom is -0.308 e. The van der Waals surface area contributed by atoms with E-state index >= 15 is 0 Å². The van der Waals surface area contributed by atoms with Gasteiger partial charge in [-0.05, 0) is 66.7 Å². The molecule has 1 aliphatic heterocycles. The van der Waals surface area contributed by atoms with Crippen molar-refractivity contribution in [3.63, 3.8) is 0 Å². The first-order valence-electron chi connectivity index (χ1n) is 15.4. The van der Waals surface area contributed by atoms with Crippen LogP contribution in [0.4, 0.5) is 17.1 Å². The Balaban J connectivity index is 1.19. The highest BCUT2D eigenvalue weighted by molar-refractivity contribution is 5.96. The second-order valence-corrected chi connectivity index (χ2v) is 11.3. The summed E-state index contributed by atoms with van der Waals surface area (Å²) in [6.45, 7) is 0. The number of rotatable bonds is 4. The van der Waals surface area contributed by atoms with Crippen molar-refractivity contribution in [3.05, 3.63) is 164 Å². The summed E-state index contributed by atoms with van der Waals surface area (Å²) in [6, 6.07) is 56.6. The maximum absolute atomic E-state index is 5.12. The van der Waals surface area contributed by atoms with Gasteiger partial charge in [0.1, 0.15) is 5.82 Å². The molecule has 0 unspecified atom stereocenters. The average molecular weight is 590 g/mol. The van der Waals surface area contributed by atoms with E-state index < -0.39 is 0 Å². The third kappa shape index (κ3) is 4.29. The summed E-state index contributed by atoms with van der Waals surface area (Å²) in [4.78, 5) is 17.5. The maximum Gasteiger partial charge on any atom is 0.160 e. The van der Waals surface area contributed by atoms with E-state index in [1.807, 2.05) is 42.5 Å². The van der Waals surface area contributed by atoms with E-state index in [4.69, 9.17) is 15.0 Å². The Morgan fingerprint density at radius 3 is 1.67 bits per heavy atom. The first-order valence-corrected chi connectivity index (χ1v) is 15.4. The Hall–Kier alpha value is -6.33. The van der Waals surface area contributed by atoms with E-state index in [1.165, 1.54) is 0 Å². The summed E-state index contributed by atoms with van der Waals surface area (Å²) < 4.78 is 2.28. The third-order valence-corrected chi connectivity index (χ3v) is 8.56. The SMILES string of the molecule is c1ccc(-c2cc(-c3ccccc3)nc(-c3ccc(N4c5ccccc5-c5nc6ccccc6n5-c5ccccc54)cc3)n2)cc1. The van der Waals surface area contributed by atoms with E-state index in [-0.39, 0.29) is 0 Å². The number of hydrogen-bond acceptors (Lipinski definition) is 4. The van der Waals surface area contributed by atoms with Crippen LogP contribution >= 0.6 is 0 Å². The summed E-state index contributed by atoms with van der Waals surface area (Å²) in [5.74, 6) is 1.62. The van der Waals surface area contributed by atoms with Crippen LogP contribution in [0.3, 0.4) is 0 Å². The number of imidazole rings is 1. The second kappa shape index (κ2) is 10.7. The van der Waals surface area contributed by atoms with Gasteiger partial charge in [-0.3, -0.25) is 4.57 Å². The number of hydrogen-bond donors (Lipinski definition) is 0. The lowest BCUT2D eigenvalue weighted by Crippen LogP contribution is -2.11. The van der Waals surface area contributed by atoms with Gasteiger partial charge < -0.3 is 4.90 Å². The standard InChI is InChI=1S/C41H27N5/c1-3-13-28(14-4-1)34-27-35(29-15-5-2-6-16-29)43-40(42-34)30-23-25-31(26-24-30)45-36-19-9-7-17-32(36)41-44-33-18-8-10-20-37(33)46(41)39-22-12-11-21-38(39)45/h1-27H. The molecule has 6 aromatic carbocycles. The molecule has 0 aliphatic carbocycles. The van der Waals surface area contributed by atoms with Gasteiger partial charge in [-0.15, -0.1) is 0 Å². The first kappa shape index (κ1) is 26.1. The smallest absolute Gasteiger partial charge is 0.160 e. The van der Waals surface area contributed by atoms with Crippen LogP contribution in [-0.4, -0.2) is 19.5 Å². The molecule has 0 radical (unpaired) electrons. The summed E-state index contributed by atoms with van der Waals surface area (Å²) in [5.41, 5.74) is 12.3. The number of benzene rings is 6. The van der Waals surface area contributed by atoms with Crippen LogP contribution in [0.5, 0.6) is 0 Å². The molecule has 3 heterocycles. The molecule has 1 aliphatic rings. The molecule has 2 aromatic heterocycles. The van der Waals surface area contributed by atoms with E-state index in [0.29, 0.717) is 5.82 Å². The number of aromatic nitrogens is 4. The van der Waals surface area contributed by atoms with Gasteiger partial charge >= 0.3 is 0 Å². The lowest BCUT2D eigenvalue weighted by atomic mass is 10.1. The van der Waals surface area contributed by atoms with Crippen molar-refractivity contribution >= 4 is 28.1 Å². The van der Waals surface area contributed by atoms with E-state index in [9.17, 15) is 0 Å². The van der Waals surface area contributed by atoms with Crippen LogP contribution in [-0.2, 0) is 0 Å². The Kier molecular flexibility index (Phi) is 6.06. The normalized spacial score (nSPS) is 11.9. The Labute approximate surface area is 266 Å². The lowest BCUT2D eigenvalue weighted by molar-refractivity contribution is 1.11. The van der Waals surface area contributed by atoms with Crippen molar-refractivity contribution in [2.45, 2.75) is 0 Å². The van der Waals surface area contributed by atoms with Crippen LogP contribution in [0.15, 0.2) is 164 Å². The van der Waals surface area contributed by atoms with Gasteiger partial charge in [0.25, 0.3) is 0 Å². The molecule has 0 spiro atoms. The predicted octanol–water partition coefficient (Wildman–Crippen LogP) is 10.3. The molecule has 0 atom stereocenters. The molecule has 0 amide bonds. The van der Waals surface area contributed by atoms with E-state index in [1.54, 1.807) is 0 Å². The lowest BCUT2D eigenvalue weighted by Gasteiger charge is -2.27. The quantitative estimate of drug-likeness (QED) is 0.205. The Bertz CT molecular complexity index is 2300. The van der Waals surface area contributed by atoms with Crippen LogP contribution in [0.1, 0.15) is 0 Å². The number of para-hydroxylation sites is 5. The zero-order valence-electron chi connectivity index (χ0n) is 24.8. The Morgan fingerprint density at radius 2 is 0.978 bits per heavy atom. The number of fused-ring (bicyclic) bond motifs is 7. The maximum atomic E-state index is 5.12. The van der Waals surface area contributed by atoms with Gasteiger partial charge in [-0.25, -0.2) is 15.0 Å². The molecule has 0 fully saturated rings. The molecule has 8 aromatic rings. The second-order valence-electron chi connectivity index (χ2n) is 11.3. The Morgan fingerprint density at radius 1 is 0.413 bits per heavy atom. The minimum absolute atomic E-state index is 0.690. The average Bonchev–Trinajstić information content (AvgIpc) is 3.47. The molecule has 9 rings (SSSR count). The molecular weight excluding hydrogens is 562 g/mol. The third-order valence-electron chi connectivity index (χ3n) is 8.56. The van der Waals surface area contributed by atoms with Crippen LogP contribution < -0.4 is 4.90 Å². The largest absolute Gasteiger partial charge is 0.308 e. The molecule has 5 heteroatoms. The van der Waals surface area contributed by atoms with Crippen molar-refractivity contribution in [2.24, 2.45) is 0 Å². The van der Waals surface area contributed by atoms with Crippen molar-refractivity contribution in [1.29, 1.82) is 0 Å². The highest BCUT2D eigenvalue weighted by atomic mass is 15.2. The van der Waals surface area contributed by atoms with Gasteiger partial charge in [-0.2, -0.15) is 0 Å². The number of nitrogens with zero attached hydrogens (tertiary/aromatic N) is 5. The first-order chi connectivity index (χ1) is 22.8. The van der Waals surface area contributed by atoms with Gasteiger partial charge in [0, 0.05) is 27.9 Å². The van der Waals surface area contributed by atoms with E-state index in [2.05, 4.69) is 131 Å². The van der Waals surface area contributed by atoms with Gasteiger partial charge in [0.05, 0.1) is 39.5 Å². The van der Waals surface area contributed by atoms with Crippen molar-refractivity contribution in [3.8, 4) is 51.0 Å². The zero-order chi connectivity index (χ0) is 30.5. The molecule has 0 N–H and O–H groups in total. The highest BCUT2D eigenvalue weighted by Crippen LogP contribution is 2.47. The highest BCUT2D eigenvalue weighted by Gasteiger charge is 2.28. The minimum atomic E-state index is 0.690. The van der Waals surface area contributed by atoms with Crippen molar-refractivity contribution in [2.75, 3.05) is 4.90 Å². The summed E-state index contributed by atoms with van der Waals surface area (Å²) >= 11 is 0. The fraction of sp³-hybridized carbons (Fsp3) is 0. The molecule has 0 saturated heterocycles. The molecule has 5 nitrogen and oxygen atoms in total. The molecule has 0 saturated carbocycles. The topological polar surface area (TPSA) is 46.8 Å². The molecule has 46 heavy (non-hydrogen) atoms. The zero-order valence-corrected chi connectivity index (χ0v) is 24.8. The molecule has 216 valence electrons. The summed E-state index contributed by atoms with van der Waals surface area (Å²) in [6.07, 6.45) is 0. The summed E-state index contributed by atoms with van der Waals surface area (Å²) in [5, 5.41) is 0. The molecule has 0 bridgehead atoms. The van der Waals surface area contributed by atoms with Crippen LogP contribution in [0.2, 0.25) is 0 Å². The van der Waals surface area contributed by atoms with Crippen molar-refractivity contribution in [1.82, 2.24) is 19.5 Å². The predicted molar refractivity (Wildman–Crippen MR) is 187 cm³/mol. The summed E-state index contributed by atoms with van der Waals surface area (Å²) in [7, 11) is 0. The van der Waals surface area contributed by atoms with Crippen LogP contribution in [0.25, 0.3) is 62.0 Å². The van der Waals surface area contributed by atoms with Crippen molar-refractivity contribution < 1.29 is 0 Å². The van der Waals surface area contributed by atoms with Crippen LogP contribution in [0, 0.1) is 0 Å². The fourth-order valence-corrected chi connectivity index (χ4v) is 6.41. The fourth-order valence-electron chi connectivity index (χ4n) is 6.41. The monoisotopic (exact) mass is 589 g/mol. The van der Waals surface area contributed by atoms with Gasteiger partial charge in [-0.1, -0.05) is 97.1 Å². The van der Waals surface area contributed by atoms with Gasteiger partial charge in [0.15, 0.2) is 5.82 Å².